The summed E-state index contributed by atoms with van der Waals surface area (Å²) < 4.78 is 46.7. The molecule has 1 atom stereocenters. The molecule has 0 aromatic heterocycles. The first-order valence-corrected chi connectivity index (χ1v) is 9.72. The molecule has 0 N–H and O–H groups in total. The maximum Gasteiger partial charge on any atom is 0.435 e. The van der Waals surface area contributed by atoms with Crippen LogP contribution in [0.25, 0.3) is 0 Å². The van der Waals surface area contributed by atoms with Gasteiger partial charge in [-0.1, -0.05) is 40.5 Å². The van der Waals surface area contributed by atoms with Gasteiger partial charge in [0.2, 0.25) is 0 Å². The van der Waals surface area contributed by atoms with E-state index in [1.165, 1.54) is 31.4 Å². The van der Waals surface area contributed by atoms with Gasteiger partial charge in [0.15, 0.2) is 5.78 Å². The molecule has 1 aliphatic rings. The third-order valence-corrected chi connectivity index (χ3v) is 5.34. The third kappa shape index (κ3) is 4.55. The lowest BCUT2D eigenvalue weighted by Crippen LogP contribution is -2.42. The number of Topliss-reactive ketones (excluding diaryl/α,β-unsaturated/α-hetero) is 1. The minimum atomic E-state index is -4.81. The number of carbonyl (C=O) groups excluding carboxylic acids is 2. The number of hydrogen-bond acceptors (Lipinski definition) is 5. The highest BCUT2D eigenvalue weighted by atomic mass is 35.5. The van der Waals surface area contributed by atoms with Gasteiger partial charge >= 0.3 is 12.1 Å². The molecule has 3 rings (SSSR count). The summed E-state index contributed by atoms with van der Waals surface area (Å²) in [7, 11) is 1.17. The quantitative estimate of drug-likeness (QED) is 0.320. The second-order valence-electron chi connectivity index (χ2n) is 6.99. The zero-order valence-corrected chi connectivity index (χ0v) is 17.9. The molecule has 31 heavy (non-hydrogen) atoms. The van der Waals surface area contributed by atoms with Crippen LogP contribution in [0.4, 0.5) is 13.2 Å². The lowest BCUT2D eigenvalue weighted by atomic mass is 9.86. The molecule has 0 spiro atoms. The minimum absolute atomic E-state index is 0.0347. The predicted molar refractivity (Wildman–Crippen MR) is 109 cm³/mol. The number of ether oxygens (including phenoxy) is 1. The van der Waals surface area contributed by atoms with E-state index in [-0.39, 0.29) is 26.9 Å². The van der Waals surface area contributed by atoms with Gasteiger partial charge in [-0.3, -0.25) is 9.59 Å². The third-order valence-electron chi connectivity index (χ3n) is 4.91. The van der Waals surface area contributed by atoms with Gasteiger partial charge in [-0.05, 0) is 42.3 Å². The number of esters is 1. The fourth-order valence-corrected chi connectivity index (χ4v) is 3.83. The van der Waals surface area contributed by atoms with Gasteiger partial charge in [0.1, 0.15) is 6.42 Å². The van der Waals surface area contributed by atoms with Crippen molar-refractivity contribution in [2.24, 2.45) is 5.16 Å². The molecule has 0 saturated heterocycles. The van der Waals surface area contributed by atoms with Crippen molar-refractivity contribution in [2.45, 2.75) is 31.5 Å². The number of nitrogens with zero attached hydrogens (tertiary/aromatic N) is 1. The number of hydrogen-bond donors (Lipinski definition) is 0. The number of ketones is 1. The van der Waals surface area contributed by atoms with Crippen molar-refractivity contribution in [1.82, 2.24) is 0 Å². The molecule has 0 radical (unpaired) electrons. The summed E-state index contributed by atoms with van der Waals surface area (Å²) in [6.45, 7) is 1.61. The Morgan fingerprint density at radius 1 is 1.16 bits per heavy atom. The predicted octanol–water partition coefficient (Wildman–Crippen LogP) is 5.63. The number of methoxy groups -OCH3 is 1. The maximum absolute atomic E-state index is 14.1. The summed E-state index contributed by atoms with van der Waals surface area (Å²) in [5.41, 5.74) is -1.88. The number of alkyl halides is 3. The van der Waals surface area contributed by atoms with E-state index in [1.54, 1.807) is 6.92 Å². The lowest BCUT2D eigenvalue weighted by molar-refractivity contribution is -0.275. The monoisotopic (exact) mass is 473 g/mol. The van der Waals surface area contributed by atoms with Crippen LogP contribution in [0.15, 0.2) is 41.6 Å². The van der Waals surface area contributed by atoms with E-state index in [0.717, 1.165) is 12.1 Å². The van der Waals surface area contributed by atoms with Crippen LogP contribution in [-0.4, -0.2) is 30.8 Å². The van der Waals surface area contributed by atoms with Gasteiger partial charge in [-0.2, -0.15) is 13.2 Å². The average Bonchev–Trinajstić information content (AvgIpc) is 3.13. The van der Waals surface area contributed by atoms with E-state index in [9.17, 15) is 22.8 Å². The number of carbonyl (C=O) groups is 2. The molecule has 164 valence electrons. The van der Waals surface area contributed by atoms with Crippen molar-refractivity contribution in [3.05, 3.63) is 68.7 Å². The number of oxime groups is 1. The van der Waals surface area contributed by atoms with Crippen molar-refractivity contribution in [2.75, 3.05) is 7.11 Å². The Balaban J connectivity index is 1.93. The van der Waals surface area contributed by atoms with Crippen LogP contribution in [-0.2, 0) is 20.0 Å². The first-order chi connectivity index (χ1) is 14.5. The SMILES string of the molecule is COC(=O)CC(=O)c1ccc(C2=NOC(c3cc(Cl)cc(Cl)c3)(C(F)(F)F)C2)cc1C. The van der Waals surface area contributed by atoms with Gasteiger partial charge < -0.3 is 9.57 Å². The Morgan fingerprint density at radius 3 is 2.35 bits per heavy atom. The molecule has 0 aliphatic carbocycles. The first kappa shape index (κ1) is 23.1. The maximum atomic E-state index is 14.1. The first-order valence-electron chi connectivity index (χ1n) is 8.96. The zero-order valence-electron chi connectivity index (χ0n) is 16.3. The highest BCUT2D eigenvalue weighted by molar-refractivity contribution is 6.34. The van der Waals surface area contributed by atoms with Crippen LogP contribution in [0, 0.1) is 6.92 Å². The highest BCUT2D eigenvalue weighted by Crippen LogP contribution is 2.49. The van der Waals surface area contributed by atoms with E-state index in [1.807, 2.05) is 0 Å². The van der Waals surface area contributed by atoms with E-state index in [2.05, 4.69) is 9.89 Å². The summed E-state index contributed by atoms with van der Waals surface area (Å²) in [6.07, 6.45) is -5.85. The fourth-order valence-electron chi connectivity index (χ4n) is 3.30. The molecule has 1 heterocycles. The van der Waals surface area contributed by atoms with Crippen LogP contribution in [0.1, 0.15) is 39.9 Å². The van der Waals surface area contributed by atoms with Gasteiger partial charge in [-0.15, -0.1) is 0 Å². The van der Waals surface area contributed by atoms with Crippen molar-refractivity contribution in [3.63, 3.8) is 0 Å². The molecular formula is C21H16Cl2F3NO4. The minimum Gasteiger partial charge on any atom is -0.469 e. The summed E-state index contributed by atoms with van der Waals surface area (Å²) in [5, 5.41) is 3.76. The summed E-state index contributed by atoms with van der Waals surface area (Å²) in [6, 6.07) is 8.00. The number of halogens is 5. The lowest BCUT2D eigenvalue weighted by Gasteiger charge is -2.29. The van der Waals surface area contributed by atoms with E-state index >= 15 is 0 Å². The van der Waals surface area contributed by atoms with Gasteiger partial charge in [-0.25, -0.2) is 0 Å². The fraction of sp³-hybridized carbons (Fsp3) is 0.286. The Bertz CT molecular complexity index is 1060. The van der Waals surface area contributed by atoms with Gasteiger partial charge in [0.05, 0.1) is 12.8 Å². The van der Waals surface area contributed by atoms with Crippen LogP contribution in [0.5, 0.6) is 0 Å². The van der Waals surface area contributed by atoms with Crippen LogP contribution in [0.2, 0.25) is 10.0 Å². The molecular weight excluding hydrogens is 458 g/mol. The summed E-state index contributed by atoms with van der Waals surface area (Å²) >= 11 is 11.8. The van der Waals surface area contributed by atoms with Crippen molar-refractivity contribution in [1.29, 1.82) is 0 Å². The number of benzene rings is 2. The molecule has 0 amide bonds. The van der Waals surface area contributed by atoms with Crippen LogP contribution in [0.3, 0.4) is 0 Å². The number of aryl methyl sites for hydroxylation is 1. The Labute approximate surface area is 185 Å². The molecule has 5 nitrogen and oxygen atoms in total. The Kier molecular flexibility index (Phi) is 6.34. The molecule has 1 unspecified atom stereocenters. The van der Waals surface area contributed by atoms with Gasteiger partial charge in [0, 0.05) is 27.6 Å². The van der Waals surface area contributed by atoms with Crippen molar-refractivity contribution < 1.29 is 32.3 Å². The van der Waals surface area contributed by atoms with Crippen LogP contribution < -0.4 is 0 Å². The zero-order chi connectivity index (χ0) is 23.0. The molecule has 0 fully saturated rings. The average molecular weight is 474 g/mol. The topological polar surface area (TPSA) is 65.0 Å². The number of rotatable bonds is 5. The summed E-state index contributed by atoms with van der Waals surface area (Å²) in [5.74, 6) is -1.14. The highest BCUT2D eigenvalue weighted by Gasteiger charge is 2.62. The van der Waals surface area contributed by atoms with E-state index in [4.69, 9.17) is 28.0 Å². The van der Waals surface area contributed by atoms with Crippen LogP contribution >= 0.6 is 23.2 Å². The molecule has 1 aliphatic heterocycles. The Morgan fingerprint density at radius 2 is 1.81 bits per heavy atom. The Hall–Kier alpha value is -2.58. The smallest absolute Gasteiger partial charge is 0.435 e. The molecule has 10 heteroatoms. The van der Waals surface area contributed by atoms with Crippen molar-refractivity contribution >= 4 is 40.7 Å². The second-order valence-corrected chi connectivity index (χ2v) is 7.87. The van der Waals surface area contributed by atoms with Crippen molar-refractivity contribution in [3.8, 4) is 0 Å². The molecule has 0 bridgehead atoms. The second kappa shape index (κ2) is 8.51. The normalized spacial score (nSPS) is 18.4. The van der Waals surface area contributed by atoms with Gasteiger partial charge in [0.25, 0.3) is 5.60 Å². The van der Waals surface area contributed by atoms with E-state index in [0.29, 0.717) is 11.1 Å². The molecule has 0 saturated carbocycles. The largest absolute Gasteiger partial charge is 0.469 e. The molecule has 2 aromatic carbocycles. The molecule has 2 aromatic rings. The summed E-state index contributed by atoms with van der Waals surface area (Å²) in [4.78, 5) is 28.5. The standard InChI is InChI=1S/C21H16Cl2F3NO4/c1-11-5-12(3-4-16(11)18(28)9-19(29)30-2)17-10-20(31-27-17,21(24,25)26)13-6-14(22)8-15(23)7-13/h3-8H,9-10H2,1-2H3. The van der Waals surface area contributed by atoms with E-state index < -0.39 is 36.4 Å².